The lowest BCUT2D eigenvalue weighted by Gasteiger charge is -2.43. The topological polar surface area (TPSA) is 38.7 Å². The van der Waals surface area contributed by atoms with Crippen molar-refractivity contribution in [1.29, 1.82) is 0 Å². The van der Waals surface area contributed by atoms with Crippen LogP contribution in [0.5, 0.6) is 0 Å². The Morgan fingerprint density at radius 3 is 3.05 bits per heavy atom. The van der Waals surface area contributed by atoms with Crippen LogP contribution in [0.15, 0.2) is 24.3 Å². The number of benzene rings is 1. The van der Waals surface area contributed by atoms with Crippen LogP contribution in [0.3, 0.4) is 0 Å². The van der Waals surface area contributed by atoms with Gasteiger partial charge in [-0.05, 0) is 24.0 Å². The van der Waals surface area contributed by atoms with Crippen molar-refractivity contribution in [1.82, 2.24) is 0 Å². The predicted octanol–water partition coefficient (Wildman–Crippen LogP) is 2.58. The minimum Gasteiger partial charge on any atom is -0.382 e. The van der Waals surface area contributed by atoms with E-state index >= 15 is 0 Å². The van der Waals surface area contributed by atoms with Crippen molar-refractivity contribution in [2.75, 3.05) is 7.11 Å². The van der Waals surface area contributed by atoms with Gasteiger partial charge in [0.1, 0.15) is 11.7 Å². The van der Waals surface area contributed by atoms with E-state index in [2.05, 4.69) is 0 Å². The Bertz CT molecular complexity index is 464. The molecule has 104 valence electrons. The fourth-order valence-electron chi connectivity index (χ4n) is 3.43. The quantitative estimate of drug-likeness (QED) is 0.866. The molecule has 0 aromatic heterocycles. The third kappa shape index (κ3) is 2.19. The Morgan fingerprint density at radius 1 is 1.47 bits per heavy atom. The highest BCUT2D eigenvalue weighted by atomic mass is 35.5. The first-order valence-electron chi connectivity index (χ1n) is 6.73. The standard InChI is InChI=1S/C15H19ClO3/c1-18-14-13-6-5-12(19-13)8-15(14,17)11-4-2-3-10(7-11)9-16/h2-4,7,12-14,17H,5-6,8-9H2,1H3. The molecular weight excluding hydrogens is 264 g/mol. The van der Waals surface area contributed by atoms with Crippen molar-refractivity contribution in [3.05, 3.63) is 35.4 Å². The van der Waals surface area contributed by atoms with Crippen molar-refractivity contribution in [2.24, 2.45) is 0 Å². The van der Waals surface area contributed by atoms with Gasteiger partial charge in [0, 0.05) is 19.4 Å². The van der Waals surface area contributed by atoms with Crippen LogP contribution in [0, 0.1) is 0 Å². The van der Waals surface area contributed by atoms with Crippen molar-refractivity contribution < 1.29 is 14.6 Å². The molecule has 0 saturated carbocycles. The molecule has 0 radical (unpaired) electrons. The maximum absolute atomic E-state index is 11.2. The molecular formula is C15H19ClO3. The fraction of sp³-hybridized carbons (Fsp3) is 0.600. The fourth-order valence-corrected chi connectivity index (χ4v) is 3.60. The molecule has 4 atom stereocenters. The molecule has 2 aliphatic heterocycles. The van der Waals surface area contributed by atoms with Gasteiger partial charge in [0.25, 0.3) is 0 Å². The maximum Gasteiger partial charge on any atom is 0.121 e. The number of rotatable bonds is 3. The second-order valence-corrected chi connectivity index (χ2v) is 5.76. The summed E-state index contributed by atoms with van der Waals surface area (Å²) in [6.45, 7) is 0. The van der Waals surface area contributed by atoms with Crippen LogP contribution < -0.4 is 0 Å². The summed E-state index contributed by atoms with van der Waals surface area (Å²) in [4.78, 5) is 0. The van der Waals surface area contributed by atoms with Gasteiger partial charge in [-0.1, -0.05) is 24.3 Å². The minimum absolute atomic E-state index is 0.00610. The van der Waals surface area contributed by atoms with Crippen LogP contribution in [0.2, 0.25) is 0 Å². The van der Waals surface area contributed by atoms with Crippen LogP contribution in [-0.4, -0.2) is 30.5 Å². The number of halogens is 1. The smallest absolute Gasteiger partial charge is 0.121 e. The van der Waals surface area contributed by atoms with Gasteiger partial charge in [0.05, 0.1) is 12.2 Å². The monoisotopic (exact) mass is 282 g/mol. The molecule has 0 amide bonds. The maximum atomic E-state index is 11.2. The molecule has 4 heteroatoms. The molecule has 2 fully saturated rings. The van der Waals surface area contributed by atoms with Gasteiger partial charge in [-0.2, -0.15) is 0 Å². The summed E-state index contributed by atoms with van der Waals surface area (Å²) in [7, 11) is 1.64. The van der Waals surface area contributed by atoms with Gasteiger partial charge >= 0.3 is 0 Å². The summed E-state index contributed by atoms with van der Waals surface area (Å²) in [5.41, 5.74) is 0.931. The van der Waals surface area contributed by atoms with E-state index < -0.39 is 5.60 Å². The molecule has 2 aliphatic rings. The lowest BCUT2D eigenvalue weighted by molar-refractivity contribution is -0.207. The van der Waals surface area contributed by atoms with E-state index in [1.54, 1.807) is 7.11 Å². The average Bonchev–Trinajstić information content (AvgIpc) is 2.82. The highest BCUT2D eigenvalue weighted by molar-refractivity contribution is 6.17. The summed E-state index contributed by atoms with van der Waals surface area (Å²) in [5, 5.41) is 11.2. The Morgan fingerprint density at radius 2 is 2.32 bits per heavy atom. The first-order chi connectivity index (χ1) is 9.17. The van der Waals surface area contributed by atoms with Crippen molar-refractivity contribution in [3.63, 3.8) is 0 Å². The molecule has 2 bridgehead atoms. The summed E-state index contributed by atoms with van der Waals surface area (Å²) in [6, 6.07) is 7.83. The van der Waals surface area contributed by atoms with Crippen LogP contribution >= 0.6 is 11.6 Å². The van der Waals surface area contributed by atoms with Crippen molar-refractivity contribution >= 4 is 11.6 Å². The molecule has 1 aromatic rings. The van der Waals surface area contributed by atoms with Gasteiger partial charge in [-0.25, -0.2) is 0 Å². The van der Waals surface area contributed by atoms with E-state index in [1.165, 1.54) is 0 Å². The zero-order valence-electron chi connectivity index (χ0n) is 11.0. The number of alkyl halides is 1. The zero-order valence-corrected chi connectivity index (χ0v) is 11.8. The molecule has 3 rings (SSSR count). The number of hydrogen-bond acceptors (Lipinski definition) is 3. The average molecular weight is 283 g/mol. The lowest BCUT2D eigenvalue weighted by atomic mass is 9.80. The molecule has 19 heavy (non-hydrogen) atoms. The van der Waals surface area contributed by atoms with E-state index in [9.17, 15) is 5.11 Å². The number of fused-ring (bicyclic) bond motifs is 2. The Hall–Kier alpha value is -0.610. The first kappa shape index (κ1) is 13.4. The van der Waals surface area contributed by atoms with Crippen LogP contribution in [-0.2, 0) is 21.0 Å². The summed E-state index contributed by atoms with van der Waals surface area (Å²) in [6.07, 6.45) is 2.38. The SMILES string of the molecule is COC1C2CCC(CC1(O)c1cccc(CCl)c1)O2. The first-order valence-corrected chi connectivity index (χ1v) is 7.27. The van der Waals surface area contributed by atoms with E-state index in [-0.39, 0.29) is 18.3 Å². The van der Waals surface area contributed by atoms with Crippen LogP contribution in [0.4, 0.5) is 0 Å². The number of aliphatic hydroxyl groups is 1. The molecule has 3 nitrogen and oxygen atoms in total. The Kier molecular flexibility index (Phi) is 3.56. The normalized spacial score (nSPS) is 37.5. The summed E-state index contributed by atoms with van der Waals surface area (Å²) < 4.78 is 11.4. The van der Waals surface area contributed by atoms with E-state index in [0.29, 0.717) is 12.3 Å². The van der Waals surface area contributed by atoms with Gasteiger partial charge in [0.2, 0.25) is 0 Å². The van der Waals surface area contributed by atoms with Gasteiger partial charge in [0.15, 0.2) is 0 Å². The third-order valence-electron chi connectivity index (χ3n) is 4.32. The van der Waals surface area contributed by atoms with Crippen LogP contribution in [0.1, 0.15) is 30.4 Å². The van der Waals surface area contributed by atoms with Gasteiger partial charge < -0.3 is 14.6 Å². The Labute approximate surface area is 118 Å². The molecule has 1 aromatic carbocycles. The van der Waals surface area contributed by atoms with Crippen LogP contribution in [0.25, 0.3) is 0 Å². The molecule has 0 spiro atoms. The summed E-state index contributed by atoms with van der Waals surface area (Å²) >= 11 is 5.89. The minimum atomic E-state index is -0.971. The van der Waals surface area contributed by atoms with Gasteiger partial charge in [-0.3, -0.25) is 0 Å². The molecule has 2 saturated heterocycles. The van der Waals surface area contributed by atoms with Gasteiger partial charge in [-0.15, -0.1) is 11.6 Å². The largest absolute Gasteiger partial charge is 0.382 e. The van der Waals surface area contributed by atoms with E-state index in [0.717, 1.165) is 24.0 Å². The second-order valence-electron chi connectivity index (χ2n) is 5.49. The lowest BCUT2D eigenvalue weighted by Crippen LogP contribution is -2.52. The molecule has 0 aliphatic carbocycles. The number of ether oxygens (including phenoxy) is 2. The zero-order chi connectivity index (χ0) is 13.5. The van der Waals surface area contributed by atoms with E-state index in [1.807, 2.05) is 24.3 Å². The molecule has 2 heterocycles. The van der Waals surface area contributed by atoms with Crippen molar-refractivity contribution in [3.8, 4) is 0 Å². The van der Waals surface area contributed by atoms with E-state index in [4.69, 9.17) is 21.1 Å². The third-order valence-corrected chi connectivity index (χ3v) is 4.63. The number of hydrogen-bond donors (Lipinski definition) is 1. The highest BCUT2D eigenvalue weighted by Crippen LogP contribution is 2.45. The Balaban J connectivity index is 1.99. The molecule has 1 N–H and O–H groups in total. The predicted molar refractivity (Wildman–Crippen MR) is 73.2 cm³/mol. The second kappa shape index (κ2) is 5.06. The molecule has 4 unspecified atom stereocenters. The van der Waals surface area contributed by atoms with Crippen molar-refractivity contribution in [2.45, 2.75) is 49.1 Å². The number of methoxy groups -OCH3 is 1. The summed E-state index contributed by atoms with van der Waals surface area (Å²) in [5.74, 6) is 0.449. The highest BCUT2D eigenvalue weighted by Gasteiger charge is 2.53.